The van der Waals surface area contributed by atoms with Crippen LogP contribution in [0.2, 0.25) is 0 Å². The number of hydrogen-bond acceptors (Lipinski definition) is 4. The van der Waals surface area contributed by atoms with Crippen LogP contribution in [0, 0.1) is 5.92 Å². The lowest BCUT2D eigenvalue weighted by Crippen LogP contribution is -2.21. The highest BCUT2D eigenvalue weighted by Crippen LogP contribution is 2.48. The highest BCUT2D eigenvalue weighted by molar-refractivity contribution is 6.27. The highest BCUT2D eigenvalue weighted by atomic mass is 16.5. The van der Waals surface area contributed by atoms with Crippen LogP contribution in [0.4, 0.5) is 0 Å². The van der Waals surface area contributed by atoms with Gasteiger partial charge >= 0.3 is 11.9 Å². The summed E-state index contributed by atoms with van der Waals surface area (Å²) in [4.78, 5) is 20.8. The van der Waals surface area contributed by atoms with E-state index in [1.165, 1.54) is 41.8 Å². The fourth-order valence-electron chi connectivity index (χ4n) is 5.01. The Morgan fingerprint density at radius 2 is 1.74 bits per heavy atom. The molecule has 6 heteroatoms. The van der Waals surface area contributed by atoms with Crippen LogP contribution in [0.25, 0.3) is 11.1 Å². The molecule has 1 aliphatic heterocycles. The van der Waals surface area contributed by atoms with E-state index in [1.54, 1.807) is 5.56 Å². The van der Waals surface area contributed by atoms with E-state index in [-0.39, 0.29) is 0 Å². The molecule has 1 heterocycles. The first kappa shape index (κ1) is 22.8. The third-order valence-electron chi connectivity index (χ3n) is 6.51. The molecule has 31 heavy (non-hydrogen) atoms. The van der Waals surface area contributed by atoms with E-state index in [2.05, 4.69) is 55.1 Å². The number of aryl methyl sites for hydroxylation is 1. The van der Waals surface area contributed by atoms with Crippen LogP contribution in [-0.4, -0.2) is 53.8 Å². The van der Waals surface area contributed by atoms with Gasteiger partial charge in [0.1, 0.15) is 5.75 Å². The molecule has 166 valence electrons. The predicted molar refractivity (Wildman–Crippen MR) is 120 cm³/mol. The zero-order chi connectivity index (χ0) is 22.5. The summed E-state index contributed by atoms with van der Waals surface area (Å²) in [5, 5.41) is 14.8. The fraction of sp³-hybridized carbons (Fsp3) is 0.440. The summed E-state index contributed by atoms with van der Waals surface area (Å²) in [7, 11) is 1.81. The lowest BCUT2D eigenvalue weighted by molar-refractivity contribution is -0.159. The predicted octanol–water partition coefficient (Wildman–Crippen LogP) is 4.06. The van der Waals surface area contributed by atoms with E-state index in [9.17, 15) is 0 Å². The van der Waals surface area contributed by atoms with E-state index in [0.717, 1.165) is 31.1 Å². The summed E-state index contributed by atoms with van der Waals surface area (Å²) in [6, 6.07) is 13.4. The third kappa shape index (κ3) is 4.74. The standard InChI is InChI=1S/C23H29NO.C2H2O4/c1-4-16-8-6-7-9-18(16)19-12-13-22(25-3)20-11-10-17-14-24(5-2)15-21(17)23(19)20;3-1(4)2(5)6/h6-9,12-13,17,21H,4-5,10-11,14-15H2,1-3H3;(H,3,4)(H,5,6). The van der Waals surface area contributed by atoms with Gasteiger partial charge in [-0.05, 0) is 65.6 Å². The molecular weight excluding hydrogens is 394 g/mol. The molecule has 0 aromatic heterocycles. The smallest absolute Gasteiger partial charge is 0.414 e. The molecule has 0 amide bonds. The average molecular weight is 426 g/mol. The molecule has 1 fully saturated rings. The number of fused-ring (bicyclic) bond motifs is 3. The van der Waals surface area contributed by atoms with Crippen molar-refractivity contribution in [2.24, 2.45) is 5.92 Å². The summed E-state index contributed by atoms with van der Waals surface area (Å²) < 4.78 is 5.75. The first-order valence-electron chi connectivity index (χ1n) is 10.9. The van der Waals surface area contributed by atoms with Crippen LogP contribution >= 0.6 is 0 Å². The van der Waals surface area contributed by atoms with Gasteiger partial charge in [-0.1, -0.05) is 44.2 Å². The van der Waals surface area contributed by atoms with Crippen molar-refractivity contribution in [3.8, 4) is 16.9 Å². The number of rotatable bonds is 4. The molecule has 2 atom stereocenters. The van der Waals surface area contributed by atoms with Crippen molar-refractivity contribution in [2.75, 3.05) is 26.7 Å². The minimum absolute atomic E-state index is 0.652. The topological polar surface area (TPSA) is 87.1 Å². The van der Waals surface area contributed by atoms with Crippen LogP contribution in [0.15, 0.2) is 36.4 Å². The van der Waals surface area contributed by atoms with Gasteiger partial charge < -0.3 is 19.8 Å². The number of aliphatic carboxylic acids is 2. The Balaban J connectivity index is 0.000000401. The van der Waals surface area contributed by atoms with Crippen molar-refractivity contribution in [3.63, 3.8) is 0 Å². The van der Waals surface area contributed by atoms with Crippen molar-refractivity contribution in [1.29, 1.82) is 0 Å². The van der Waals surface area contributed by atoms with Crippen LogP contribution in [0.3, 0.4) is 0 Å². The maximum absolute atomic E-state index is 9.10. The second-order valence-corrected chi connectivity index (χ2v) is 8.09. The Morgan fingerprint density at radius 3 is 2.35 bits per heavy atom. The maximum Gasteiger partial charge on any atom is 0.414 e. The summed E-state index contributed by atoms with van der Waals surface area (Å²) in [6.45, 7) is 8.16. The monoisotopic (exact) mass is 425 g/mol. The molecule has 4 rings (SSSR count). The van der Waals surface area contributed by atoms with E-state index in [4.69, 9.17) is 24.5 Å². The van der Waals surface area contributed by atoms with Crippen LogP contribution < -0.4 is 4.74 Å². The SMILES string of the molecule is CCc1ccccc1-c1ccc(OC)c2c1C1CN(CC)CC1CC2.O=C(O)C(=O)O. The van der Waals surface area contributed by atoms with Gasteiger partial charge in [0.2, 0.25) is 0 Å². The molecule has 2 N–H and O–H groups in total. The Labute approximate surface area is 183 Å². The molecular formula is C25H31NO5. The molecule has 1 saturated heterocycles. The Hall–Kier alpha value is -2.86. The third-order valence-corrected chi connectivity index (χ3v) is 6.51. The maximum atomic E-state index is 9.10. The van der Waals surface area contributed by atoms with Gasteiger partial charge in [-0.15, -0.1) is 0 Å². The number of hydrogen-bond donors (Lipinski definition) is 2. The number of nitrogens with zero attached hydrogens (tertiary/aromatic N) is 1. The quantitative estimate of drug-likeness (QED) is 0.719. The van der Waals surface area contributed by atoms with Crippen molar-refractivity contribution < 1.29 is 24.5 Å². The number of likely N-dealkylation sites (tertiary alicyclic amines) is 1. The molecule has 2 aromatic carbocycles. The van der Waals surface area contributed by atoms with Crippen molar-refractivity contribution in [3.05, 3.63) is 53.1 Å². The van der Waals surface area contributed by atoms with Gasteiger partial charge in [0.25, 0.3) is 0 Å². The van der Waals surface area contributed by atoms with Gasteiger partial charge in [-0.25, -0.2) is 9.59 Å². The lowest BCUT2D eigenvalue weighted by atomic mass is 9.73. The number of carboxylic acids is 2. The van der Waals surface area contributed by atoms with Gasteiger partial charge in [-0.2, -0.15) is 0 Å². The second kappa shape index (κ2) is 9.96. The van der Waals surface area contributed by atoms with Crippen molar-refractivity contribution >= 4 is 11.9 Å². The summed E-state index contributed by atoms with van der Waals surface area (Å²) in [5.74, 6) is -1.11. The van der Waals surface area contributed by atoms with Crippen molar-refractivity contribution in [1.82, 2.24) is 4.90 Å². The van der Waals surface area contributed by atoms with Crippen LogP contribution in [0.1, 0.15) is 42.9 Å². The Bertz CT molecular complexity index is 943. The van der Waals surface area contributed by atoms with E-state index < -0.39 is 11.9 Å². The van der Waals surface area contributed by atoms with Gasteiger partial charge in [0.15, 0.2) is 0 Å². The molecule has 0 saturated carbocycles. The molecule has 0 spiro atoms. The lowest BCUT2D eigenvalue weighted by Gasteiger charge is -2.31. The molecule has 0 bridgehead atoms. The normalized spacial score (nSPS) is 19.6. The zero-order valence-corrected chi connectivity index (χ0v) is 18.4. The average Bonchev–Trinajstić information content (AvgIpc) is 3.22. The van der Waals surface area contributed by atoms with Gasteiger partial charge in [0.05, 0.1) is 7.11 Å². The number of carboxylic acid groups (broad SMARTS) is 2. The Kier molecular flexibility index (Phi) is 7.33. The van der Waals surface area contributed by atoms with Crippen LogP contribution in [-0.2, 0) is 22.4 Å². The number of methoxy groups -OCH3 is 1. The van der Waals surface area contributed by atoms with E-state index in [1.807, 2.05) is 7.11 Å². The van der Waals surface area contributed by atoms with E-state index >= 15 is 0 Å². The van der Waals surface area contributed by atoms with Crippen molar-refractivity contribution in [2.45, 2.75) is 39.0 Å². The second-order valence-electron chi connectivity index (χ2n) is 8.09. The largest absolute Gasteiger partial charge is 0.496 e. The van der Waals surface area contributed by atoms with Gasteiger partial charge in [-0.3, -0.25) is 0 Å². The number of ether oxygens (including phenoxy) is 1. The molecule has 1 aliphatic carbocycles. The number of likely N-dealkylation sites (N-methyl/N-ethyl adjacent to an activating group) is 1. The zero-order valence-electron chi connectivity index (χ0n) is 18.4. The summed E-state index contributed by atoms with van der Waals surface area (Å²) in [6.07, 6.45) is 3.52. The molecule has 2 aromatic rings. The Morgan fingerprint density at radius 1 is 1.03 bits per heavy atom. The minimum Gasteiger partial charge on any atom is -0.496 e. The summed E-state index contributed by atoms with van der Waals surface area (Å²) in [5.41, 5.74) is 7.35. The summed E-state index contributed by atoms with van der Waals surface area (Å²) >= 11 is 0. The first-order chi connectivity index (χ1) is 14.9. The highest BCUT2D eigenvalue weighted by Gasteiger charge is 2.39. The fourth-order valence-corrected chi connectivity index (χ4v) is 5.01. The minimum atomic E-state index is -1.82. The molecule has 2 unspecified atom stereocenters. The van der Waals surface area contributed by atoms with Crippen LogP contribution in [0.5, 0.6) is 5.75 Å². The van der Waals surface area contributed by atoms with E-state index in [0.29, 0.717) is 5.92 Å². The number of benzene rings is 2. The molecule has 6 nitrogen and oxygen atoms in total. The number of carbonyl (C=O) groups is 2. The van der Waals surface area contributed by atoms with Gasteiger partial charge in [0, 0.05) is 19.0 Å². The molecule has 0 radical (unpaired) electrons. The molecule has 2 aliphatic rings. The first-order valence-corrected chi connectivity index (χ1v) is 10.9.